The van der Waals surface area contributed by atoms with Crippen LogP contribution in [-0.2, 0) is 0 Å². The van der Waals surface area contributed by atoms with Gasteiger partial charge in [0.15, 0.2) is 0 Å². The summed E-state index contributed by atoms with van der Waals surface area (Å²) in [7, 11) is 0. The molecule has 1 aromatic carbocycles. The Morgan fingerprint density at radius 2 is 2.21 bits per heavy atom. The van der Waals surface area contributed by atoms with E-state index in [9.17, 15) is 4.79 Å². The Hall–Kier alpha value is -0.620. The van der Waals surface area contributed by atoms with Crippen molar-refractivity contribution in [2.75, 3.05) is 13.1 Å². The smallest absolute Gasteiger partial charge is 0.254 e. The number of β-amino-alcohol motifs (C(OH)–C–C–N with tert-alkyl or cyclic N) is 1. The predicted molar refractivity (Wildman–Crippen MR) is 61.1 cm³/mol. The lowest BCUT2D eigenvalue weighted by Crippen LogP contribution is -2.53. The van der Waals surface area contributed by atoms with E-state index < -0.39 is 0 Å². The topological polar surface area (TPSA) is 40.5 Å². The average molecular weight is 303 g/mol. The number of amides is 1. The second kappa shape index (κ2) is 3.86. The maximum Gasteiger partial charge on any atom is 0.254 e. The van der Waals surface area contributed by atoms with Crippen LogP contribution in [0, 0.1) is 3.57 Å². The number of hydrogen-bond donors (Lipinski definition) is 1. The largest absolute Gasteiger partial charge is 0.389 e. The lowest BCUT2D eigenvalue weighted by atomic mass is 10.1. The van der Waals surface area contributed by atoms with Gasteiger partial charge in [-0.1, -0.05) is 6.07 Å². The molecule has 4 heteroatoms. The molecule has 1 N–H and O–H groups in total. The second-order valence-corrected chi connectivity index (χ2v) is 4.62. The van der Waals surface area contributed by atoms with Gasteiger partial charge in [-0.05, 0) is 40.8 Å². The molecule has 14 heavy (non-hydrogen) atoms. The summed E-state index contributed by atoms with van der Waals surface area (Å²) in [6.45, 7) is 0.925. The molecule has 1 fully saturated rings. The van der Waals surface area contributed by atoms with E-state index in [1.807, 2.05) is 18.2 Å². The third kappa shape index (κ3) is 1.90. The minimum Gasteiger partial charge on any atom is -0.389 e. The van der Waals surface area contributed by atoms with Crippen molar-refractivity contribution in [2.45, 2.75) is 6.10 Å². The Morgan fingerprint density at radius 1 is 1.50 bits per heavy atom. The molecule has 0 aromatic heterocycles. The number of likely N-dealkylation sites (tertiary alicyclic amines) is 1. The maximum atomic E-state index is 11.7. The molecule has 1 saturated heterocycles. The van der Waals surface area contributed by atoms with Crippen molar-refractivity contribution >= 4 is 28.5 Å². The first-order valence-electron chi connectivity index (χ1n) is 4.40. The normalized spacial score (nSPS) is 16.6. The summed E-state index contributed by atoms with van der Waals surface area (Å²) in [6, 6.07) is 7.47. The lowest BCUT2D eigenvalue weighted by molar-refractivity contribution is 0.00589. The fraction of sp³-hybridized carbons (Fsp3) is 0.300. The van der Waals surface area contributed by atoms with Gasteiger partial charge in [0.05, 0.1) is 6.10 Å². The standard InChI is InChI=1S/C10H10INO2/c11-8-3-1-2-7(4-8)10(14)12-5-9(13)6-12/h1-4,9,13H,5-6H2. The highest BCUT2D eigenvalue weighted by Gasteiger charge is 2.29. The van der Waals surface area contributed by atoms with Crippen LogP contribution >= 0.6 is 22.6 Å². The van der Waals surface area contributed by atoms with E-state index in [0.29, 0.717) is 18.7 Å². The van der Waals surface area contributed by atoms with Gasteiger partial charge in [-0.15, -0.1) is 0 Å². The number of aliphatic hydroxyl groups excluding tert-OH is 1. The molecule has 0 atom stereocenters. The molecule has 0 saturated carbocycles. The maximum absolute atomic E-state index is 11.7. The number of benzene rings is 1. The van der Waals surface area contributed by atoms with Gasteiger partial charge in [0, 0.05) is 22.2 Å². The highest BCUT2D eigenvalue weighted by Crippen LogP contribution is 2.15. The first kappa shape index (κ1) is 9.92. The van der Waals surface area contributed by atoms with Crippen LogP contribution < -0.4 is 0 Å². The highest BCUT2D eigenvalue weighted by molar-refractivity contribution is 14.1. The van der Waals surface area contributed by atoms with E-state index in [1.54, 1.807) is 11.0 Å². The summed E-state index contributed by atoms with van der Waals surface area (Å²) in [5.41, 5.74) is 0.698. The number of halogens is 1. The molecule has 1 amide bonds. The van der Waals surface area contributed by atoms with Gasteiger partial charge >= 0.3 is 0 Å². The summed E-state index contributed by atoms with van der Waals surface area (Å²) in [4.78, 5) is 13.4. The number of rotatable bonds is 1. The average Bonchev–Trinajstić information content (AvgIpc) is 2.12. The summed E-state index contributed by atoms with van der Waals surface area (Å²) >= 11 is 2.18. The molecule has 1 aromatic rings. The third-order valence-corrected chi connectivity index (χ3v) is 2.89. The Morgan fingerprint density at radius 3 is 2.79 bits per heavy atom. The zero-order valence-corrected chi connectivity index (χ0v) is 9.64. The fourth-order valence-corrected chi connectivity index (χ4v) is 1.97. The Balaban J connectivity index is 2.12. The molecule has 3 nitrogen and oxygen atoms in total. The number of aliphatic hydroxyl groups is 1. The molecule has 0 unspecified atom stereocenters. The molecular weight excluding hydrogens is 293 g/mol. The van der Waals surface area contributed by atoms with Crippen molar-refractivity contribution in [3.05, 3.63) is 33.4 Å². The quantitative estimate of drug-likeness (QED) is 0.790. The third-order valence-electron chi connectivity index (χ3n) is 2.22. The molecule has 74 valence electrons. The van der Waals surface area contributed by atoms with Gasteiger partial charge in [0.25, 0.3) is 5.91 Å². The SMILES string of the molecule is O=C(c1cccc(I)c1)N1CC(O)C1. The van der Waals surface area contributed by atoms with Crippen molar-refractivity contribution in [1.29, 1.82) is 0 Å². The fourth-order valence-electron chi connectivity index (χ4n) is 1.43. The van der Waals surface area contributed by atoms with Crippen molar-refractivity contribution in [3.63, 3.8) is 0 Å². The van der Waals surface area contributed by atoms with Crippen molar-refractivity contribution in [3.8, 4) is 0 Å². The molecule has 1 heterocycles. The van der Waals surface area contributed by atoms with Crippen LogP contribution in [0.5, 0.6) is 0 Å². The van der Waals surface area contributed by atoms with E-state index in [0.717, 1.165) is 3.57 Å². The number of nitrogens with zero attached hydrogens (tertiary/aromatic N) is 1. The number of hydrogen-bond acceptors (Lipinski definition) is 2. The molecule has 1 aliphatic rings. The molecule has 1 aliphatic heterocycles. The Bertz CT molecular complexity index is 361. The van der Waals surface area contributed by atoms with Crippen LogP contribution in [0.25, 0.3) is 0 Å². The zero-order chi connectivity index (χ0) is 10.1. The van der Waals surface area contributed by atoms with Crippen molar-refractivity contribution < 1.29 is 9.90 Å². The van der Waals surface area contributed by atoms with Crippen LogP contribution in [0.2, 0.25) is 0 Å². The number of carbonyl (C=O) groups is 1. The van der Waals surface area contributed by atoms with Crippen molar-refractivity contribution in [1.82, 2.24) is 4.90 Å². The molecular formula is C10H10INO2. The summed E-state index contributed by atoms with van der Waals surface area (Å²) in [6.07, 6.45) is -0.332. The molecule has 0 bridgehead atoms. The zero-order valence-electron chi connectivity index (χ0n) is 7.48. The van der Waals surface area contributed by atoms with Gasteiger partial charge in [-0.25, -0.2) is 0 Å². The van der Waals surface area contributed by atoms with Crippen molar-refractivity contribution in [2.24, 2.45) is 0 Å². The number of carbonyl (C=O) groups excluding carboxylic acids is 1. The van der Waals surface area contributed by atoms with Gasteiger partial charge in [0.1, 0.15) is 0 Å². The first-order chi connectivity index (χ1) is 6.66. The van der Waals surface area contributed by atoms with Crippen LogP contribution in [0.1, 0.15) is 10.4 Å². The van der Waals surface area contributed by atoms with Gasteiger partial charge in [-0.3, -0.25) is 4.79 Å². The lowest BCUT2D eigenvalue weighted by Gasteiger charge is -2.35. The summed E-state index contributed by atoms with van der Waals surface area (Å²) in [5.74, 6) is 0.00816. The molecule has 0 radical (unpaired) electrons. The van der Waals surface area contributed by atoms with Gasteiger partial charge < -0.3 is 10.0 Å². The monoisotopic (exact) mass is 303 g/mol. The van der Waals surface area contributed by atoms with Gasteiger partial charge in [0.2, 0.25) is 0 Å². The summed E-state index contributed by atoms with van der Waals surface area (Å²) in [5, 5.41) is 9.07. The van der Waals surface area contributed by atoms with Crippen LogP contribution in [-0.4, -0.2) is 35.1 Å². The molecule has 0 spiro atoms. The van der Waals surface area contributed by atoms with E-state index in [4.69, 9.17) is 5.11 Å². The van der Waals surface area contributed by atoms with E-state index >= 15 is 0 Å². The minimum absolute atomic E-state index is 0.00816. The second-order valence-electron chi connectivity index (χ2n) is 3.37. The van der Waals surface area contributed by atoms with E-state index in [2.05, 4.69) is 22.6 Å². The van der Waals surface area contributed by atoms with Crippen LogP contribution in [0.15, 0.2) is 24.3 Å². The van der Waals surface area contributed by atoms with E-state index in [1.165, 1.54) is 0 Å². The van der Waals surface area contributed by atoms with Gasteiger partial charge in [-0.2, -0.15) is 0 Å². The predicted octanol–water partition coefficient (Wildman–Crippen LogP) is 1.11. The van der Waals surface area contributed by atoms with E-state index in [-0.39, 0.29) is 12.0 Å². The Labute approximate surface area is 95.9 Å². The Kier molecular flexibility index (Phi) is 2.73. The first-order valence-corrected chi connectivity index (χ1v) is 5.47. The molecule has 2 rings (SSSR count). The highest BCUT2D eigenvalue weighted by atomic mass is 127. The summed E-state index contributed by atoms with van der Waals surface area (Å²) < 4.78 is 1.05. The minimum atomic E-state index is -0.332. The molecule has 0 aliphatic carbocycles. The van der Waals surface area contributed by atoms with Crippen LogP contribution in [0.3, 0.4) is 0 Å². The van der Waals surface area contributed by atoms with Crippen LogP contribution in [0.4, 0.5) is 0 Å².